The summed E-state index contributed by atoms with van der Waals surface area (Å²) in [6, 6.07) is 6.03. The lowest BCUT2D eigenvalue weighted by atomic mass is 9.85. The van der Waals surface area contributed by atoms with E-state index in [-0.39, 0.29) is 18.0 Å². The van der Waals surface area contributed by atoms with Gasteiger partial charge in [-0.15, -0.1) is 0 Å². The summed E-state index contributed by atoms with van der Waals surface area (Å²) in [6.45, 7) is 9.40. The Balaban J connectivity index is 1.38. The topological polar surface area (TPSA) is 95.5 Å². The molecule has 0 radical (unpaired) electrons. The van der Waals surface area contributed by atoms with Crippen LogP contribution in [-0.4, -0.2) is 51.2 Å². The number of carbonyl (C=O) groups excluding carboxylic acids is 1. The molecule has 2 saturated heterocycles. The molecule has 8 nitrogen and oxygen atoms in total. The fraction of sp³-hybridized carbons (Fsp3) is 0.333. The molecule has 0 aliphatic carbocycles. The van der Waals surface area contributed by atoms with E-state index in [9.17, 15) is 4.79 Å². The fourth-order valence-electron chi connectivity index (χ4n) is 5.50. The van der Waals surface area contributed by atoms with Crippen molar-refractivity contribution >= 4 is 46.8 Å². The number of nitrogens with zero attached hydrogens (tertiary/aromatic N) is 4. The minimum Gasteiger partial charge on any atom is -0.486 e. The second-order valence-electron chi connectivity index (χ2n) is 9.19. The van der Waals surface area contributed by atoms with Gasteiger partial charge >= 0.3 is 0 Å². The number of ether oxygens (including phenoxy) is 1. The van der Waals surface area contributed by atoms with Crippen LogP contribution in [0.3, 0.4) is 0 Å². The maximum Gasteiger partial charge on any atom is 0.246 e. The van der Waals surface area contributed by atoms with Crippen LogP contribution in [0.25, 0.3) is 11.0 Å². The number of rotatable bonds is 8. The average Bonchev–Trinajstić information content (AvgIpc) is 3.44. The molecule has 2 fully saturated rings. The van der Waals surface area contributed by atoms with Crippen molar-refractivity contribution in [2.24, 2.45) is 4.99 Å². The Bertz CT molecular complexity index is 1340. The summed E-state index contributed by atoms with van der Waals surface area (Å²) in [5.41, 5.74) is 3.49. The van der Waals surface area contributed by atoms with Crippen molar-refractivity contribution in [1.29, 1.82) is 0 Å². The molecular formula is C27H29ClN6O2. The summed E-state index contributed by atoms with van der Waals surface area (Å²) in [5.74, 6) is 1.63. The highest BCUT2D eigenvalue weighted by atomic mass is 35.5. The highest BCUT2D eigenvalue weighted by Gasteiger charge is 2.43. The molecule has 1 unspecified atom stereocenters. The summed E-state index contributed by atoms with van der Waals surface area (Å²) in [6.07, 6.45) is 10.8. The van der Waals surface area contributed by atoms with Crippen molar-refractivity contribution < 1.29 is 9.53 Å². The van der Waals surface area contributed by atoms with Gasteiger partial charge in [0.15, 0.2) is 0 Å². The van der Waals surface area contributed by atoms with Crippen LogP contribution in [0.4, 0.5) is 11.5 Å². The zero-order valence-electron chi connectivity index (χ0n) is 20.2. The molecule has 1 amide bonds. The largest absolute Gasteiger partial charge is 0.486 e. The molecule has 186 valence electrons. The molecule has 2 N–H and O–H groups in total. The predicted octanol–water partition coefficient (Wildman–Crippen LogP) is 5.76. The molecular weight excluding hydrogens is 476 g/mol. The van der Waals surface area contributed by atoms with Crippen molar-refractivity contribution in [3.63, 3.8) is 0 Å². The monoisotopic (exact) mass is 504 g/mol. The second-order valence-corrected chi connectivity index (χ2v) is 9.60. The van der Waals surface area contributed by atoms with E-state index in [1.165, 1.54) is 11.6 Å². The number of anilines is 2. The van der Waals surface area contributed by atoms with Crippen molar-refractivity contribution in [3.8, 4) is 5.75 Å². The highest BCUT2D eigenvalue weighted by molar-refractivity contribution is 6.32. The standard InChI is InChI=1S/C27H29ClN6O2/c1-4-17(29-3)14-36-23-9-6-18(12-22(23)28)33-27-25-21(13-30-26(25)31-15-32-27)16-10-19-7-8-20(11-16)34(19)24(35)5-2/h4-6,9,12-13,15-16,19-20H,2-3,7-8,10-11,14H2,1H3,(H2,30,31,32,33)/b17-4-/t16?,19-,20+. The molecule has 9 heteroatoms. The molecule has 3 aromatic rings. The van der Waals surface area contributed by atoms with Gasteiger partial charge in [0.2, 0.25) is 5.91 Å². The second kappa shape index (κ2) is 10.1. The third-order valence-electron chi connectivity index (χ3n) is 7.21. The molecule has 2 aliphatic heterocycles. The Kier molecular flexibility index (Phi) is 6.78. The van der Waals surface area contributed by atoms with E-state index in [0.29, 0.717) is 29.1 Å². The van der Waals surface area contributed by atoms with E-state index in [2.05, 4.69) is 38.6 Å². The van der Waals surface area contributed by atoms with Gasteiger partial charge in [0.05, 0.1) is 16.1 Å². The molecule has 0 spiro atoms. The third-order valence-corrected chi connectivity index (χ3v) is 7.50. The minimum absolute atomic E-state index is 0.0394. The van der Waals surface area contributed by atoms with E-state index in [4.69, 9.17) is 16.3 Å². The highest BCUT2D eigenvalue weighted by Crippen LogP contribution is 2.45. The van der Waals surface area contributed by atoms with E-state index in [1.807, 2.05) is 42.3 Å². The smallest absolute Gasteiger partial charge is 0.246 e. The molecule has 2 aliphatic rings. The number of hydrogen-bond acceptors (Lipinski definition) is 6. The quantitative estimate of drug-likeness (QED) is 0.300. The Labute approximate surface area is 215 Å². The summed E-state index contributed by atoms with van der Waals surface area (Å²) in [4.78, 5) is 30.6. The number of hydrogen-bond donors (Lipinski definition) is 2. The number of nitrogens with one attached hydrogen (secondary N) is 2. The number of piperidine rings is 1. The number of carbonyl (C=O) groups is 1. The molecule has 2 aromatic heterocycles. The van der Waals surface area contributed by atoms with Crippen LogP contribution in [0.5, 0.6) is 5.75 Å². The summed E-state index contributed by atoms with van der Waals surface area (Å²) in [5, 5.41) is 4.86. The lowest BCUT2D eigenvalue weighted by molar-refractivity contribution is -0.130. The predicted molar refractivity (Wildman–Crippen MR) is 143 cm³/mol. The minimum atomic E-state index is 0.0394. The first kappa shape index (κ1) is 24.1. The van der Waals surface area contributed by atoms with Crippen LogP contribution < -0.4 is 10.1 Å². The number of H-pyrrole nitrogens is 1. The number of aliphatic imine (C=N–C) groups is 1. The first-order chi connectivity index (χ1) is 17.5. The number of fused-ring (bicyclic) bond motifs is 3. The fourth-order valence-corrected chi connectivity index (χ4v) is 5.74. The summed E-state index contributed by atoms with van der Waals surface area (Å²) in [7, 11) is 0. The first-order valence-corrected chi connectivity index (χ1v) is 12.5. The number of benzene rings is 1. The van der Waals surface area contributed by atoms with Crippen LogP contribution in [0.15, 0.2) is 60.1 Å². The van der Waals surface area contributed by atoms with Crippen molar-refractivity contribution in [2.45, 2.75) is 50.6 Å². The average molecular weight is 505 g/mol. The van der Waals surface area contributed by atoms with E-state index in [1.54, 1.807) is 6.33 Å². The molecule has 3 atom stereocenters. The number of aromatic nitrogens is 3. The lowest BCUT2D eigenvalue weighted by Crippen LogP contribution is -2.45. The van der Waals surface area contributed by atoms with Crippen LogP contribution in [-0.2, 0) is 4.79 Å². The van der Waals surface area contributed by atoms with E-state index in [0.717, 1.165) is 48.1 Å². The van der Waals surface area contributed by atoms with Crippen molar-refractivity contribution in [2.75, 3.05) is 11.9 Å². The van der Waals surface area contributed by atoms with Crippen LogP contribution in [0.2, 0.25) is 5.02 Å². The Hall–Kier alpha value is -3.65. The molecule has 4 heterocycles. The molecule has 36 heavy (non-hydrogen) atoms. The summed E-state index contributed by atoms with van der Waals surface area (Å²) >= 11 is 6.50. The molecule has 2 bridgehead atoms. The number of halogens is 1. The maximum absolute atomic E-state index is 12.4. The molecule has 0 saturated carbocycles. The Morgan fingerprint density at radius 2 is 2.11 bits per heavy atom. The zero-order valence-corrected chi connectivity index (χ0v) is 21.0. The van der Waals surface area contributed by atoms with Crippen molar-refractivity contribution in [1.82, 2.24) is 19.9 Å². The Morgan fingerprint density at radius 3 is 2.78 bits per heavy atom. The van der Waals surface area contributed by atoms with Gasteiger partial charge in [-0.25, -0.2) is 9.97 Å². The van der Waals surface area contributed by atoms with Gasteiger partial charge in [-0.05, 0) is 75.1 Å². The van der Waals surface area contributed by atoms with Gasteiger partial charge in [-0.1, -0.05) is 24.3 Å². The normalized spacial score (nSPS) is 21.4. The van der Waals surface area contributed by atoms with E-state index >= 15 is 0 Å². The van der Waals surface area contributed by atoms with Crippen molar-refractivity contribution in [3.05, 3.63) is 65.7 Å². The summed E-state index contributed by atoms with van der Waals surface area (Å²) < 4.78 is 5.78. The third kappa shape index (κ3) is 4.48. The van der Waals surface area contributed by atoms with Crippen LogP contribution in [0, 0.1) is 0 Å². The van der Waals surface area contributed by atoms with Gasteiger partial charge in [-0.3, -0.25) is 9.79 Å². The molecule has 5 rings (SSSR count). The SMILES string of the molecule is C=CC(=O)N1[C@@H]2CC[C@H]1CC(c1c[nH]c3ncnc(Nc4ccc(OC/C(=C/C)N=C)c(Cl)c4)c13)C2. The van der Waals surface area contributed by atoms with Crippen LogP contribution >= 0.6 is 11.6 Å². The zero-order chi connectivity index (χ0) is 25.2. The number of aromatic amines is 1. The first-order valence-electron chi connectivity index (χ1n) is 12.1. The number of amides is 1. The Morgan fingerprint density at radius 1 is 1.33 bits per heavy atom. The van der Waals surface area contributed by atoms with Gasteiger partial charge < -0.3 is 19.9 Å². The lowest BCUT2D eigenvalue weighted by Gasteiger charge is -2.38. The van der Waals surface area contributed by atoms with Gasteiger partial charge in [0.1, 0.15) is 30.1 Å². The van der Waals surface area contributed by atoms with Gasteiger partial charge in [0, 0.05) is 24.0 Å². The van der Waals surface area contributed by atoms with Gasteiger partial charge in [0.25, 0.3) is 0 Å². The number of allylic oxidation sites excluding steroid dienone is 1. The molecule has 1 aromatic carbocycles. The van der Waals surface area contributed by atoms with Crippen LogP contribution in [0.1, 0.15) is 44.1 Å². The van der Waals surface area contributed by atoms with E-state index < -0.39 is 0 Å². The van der Waals surface area contributed by atoms with Gasteiger partial charge in [-0.2, -0.15) is 0 Å². The maximum atomic E-state index is 12.4.